The van der Waals surface area contributed by atoms with E-state index in [-0.39, 0.29) is 0 Å². The SMILES string of the molecule is COc1cc2c3c(c(N)nc2cc1OCCCN1CCCC1)CCC3. The monoisotopic (exact) mass is 341 g/mol. The number of rotatable bonds is 6. The molecule has 0 atom stereocenters. The molecule has 134 valence electrons. The van der Waals surface area contributed by atoms with Crippen LogP contribution in [0.2, 0.25) is 0 Å². The minimum Gasteiger partial charge on any atom is -0.493 e. The van der Waals surface area contributed by atoms with Crippen LogP contribution >= 0.6 is 0 Å². The van der Waals surface area contributed by atoms with Gasteiger partial charge in [-0.2, -0.15) is 0 Å². The molecule has 2 aromatic rings. The molecule has 5 heteroatoms. The van der Waals surface area contributed by atoms with Crippen molar-refractivity contribution in [3.8, 4) is 11.5 Å². The average molecular weight is 341 g/mol. The van der Waals surface area contributed by atoms with Crippen molar-refractivity contribution < 1.29 is 9.47 Å². The van der Waals surface area contributed by atoms with Crippen molar-refractivity contribution in [3.05, 3.63) is 23.3 Å². The number of anilines is 1. The molecule has 1 aliphatic carbocycles. The lowest BCUT2D eigenvalue weighted by Crippen LogP contribution is -2.21. The van der Waals surface area contributed by atoms with E-state index in [2.05, 4.69) is 16.0 Å². The lowest BCUT2D eigenvalue weighted by Gasteiger charge is -2.16. The Kier molecular flexibility index (Phi) is 4.66. The molecule has 2 heterocycles. The quantitative estimate of drug-likeness (QED) is 0.818. The van der Waals surface area contributed by atoms with Crippen molar-refractivity contribution in [3.63, 3.8) is 0 Å². The Hall–Kier alpha value is -2.01. The van der Waals surface area contributed by atoms with Crippen LogP contribution in [0.5, 0.6) is 11.5 Å². The van der Waals surface area contributed by atoms with Gasteiger partial charge in [-0.05, 0) is 68.8 Å². The van der Waals surface area contributed by atoms with Gasteiger partial charge in [-0.3, -0.25) is 0 Å². The molecule has 1 fully saturated rings. The Morgan fingerprint density at radius 2 is 1.88 bits per heavy atom. The second-order valence-electron chi connectivity index (χ2n) is 7.08. The van der Waals surface area contributed by atoms with Crippen LogP contribution in [0.1, 0.15) is 36.8 Å². The number of methoxy groups -OCH3 is 1. The van der Waals surface area contributed by atoms with Crippen LogP contribution in [0.15, 0.2) is 12.1 Å². The molecule has 0 bridgehead atoms. The number of nitrogens with two attached hydrogens (primary N) is 1. The second kappa shape index (κ2) is 7.08. The van der Waals surface area contributed by atoms with Crippen LogP contribution < -0.4 is 15.2 Å². The largest absolute Gasteiger partial charge is 0.493 e. The average Bonchev–Trinajstić information content (AvgIpc) is 3.30. The fourth-order valence-electron chi connectivity index (χ4n) is 4.15. The highest BCUT2D eigenvalue weighted by Gasteiger charge is 2.20. The molecule has 1 saturated heterocycles. The van der Waals surface area contributed by atoms with Crippen LogP contribution in [-0.4, -0.2) is 43.2 Å². The predicted octanol–water partition coefficient (Wildman–Crippen LogP) is 3.18. The summed E-state index contributed by atoms with van der Waals surface area (Å²) in [5.74, 6) is 2.22. The third-order valence-corrected chi connectivity index (χ3v) is 5.45. The minimum absolute atomic E-state index is 0.671. The van der Waals surface area contributed by atoms with Gasteiger partial charge in [-0.15, -0.1) is 0 Å². The Balaban J connectivity index is 1.53. The van der Waals surface area contributed by atoms with Crippen molar-refractivity contribution in [2.75, 3.05) is 39.1 Å². The van der Waals surface area contributed by atoms with Gasteiger partial charge in [0.25, 0.3) is 0 Å². The number of nitrogens with zero attached hydrogens (tertiary/aromatic N) is 2. The highest BCUT2D eigenvalue weighted by atomic mass is 16.5. The highest BCUT2D eigenvalue weighted by Crippen LogP contribution is 2.38. The van der Waals surface area contributed by atoms with E-state index in [1.807, 2.05) is 6.07 Å². The van der Waals surface area contributed by atoms with Gasteiger partial charge in [-0.1, -0.05) is 0 Å². The molecule has 1 aromatic carbocycles. The van der Waals surface area contributed by atoms with Gasteiger partial charge in [0, 0.05) is 18.0 Å². The first-order chi connectivity index (χ1) is 12.3. The fourth-order valence-corrected chi connectivity index (χ4v) is 4.15. The number of ether oxygens (including phenoxy) is 2. The number of likely N-dealkylation sites (tertiary alicyclic amines) is 1. The Bertz CT molecular complexity index is 769. The van der Waals surface area contributed by atoms with Crippen LogP contribution in [0.25, 0.3) is 10.9 Å². The van der Waals surface area contributed by atoms with E-state index < -0.39 is 0 Å². The van der Waals surface area contributed by atoms with E-state index >= 15 is 0 Å². The Morgan fingerprint density at radius 3 is 2.68 bits per heavy atom. The number of fused-ring (bicyclic) bond motifs is 3. The van der Waals surface area contributed by atoms with E-state index in [0.29, 0.717) is 12.4 Å². The summed E-state index contributed by atoms with van der Waals surface area (Å²) in [4.78, 5) is 7.12. The molecule has 4 rings (SSSR count). The van der Waals surface area contributed by atoms with Gasteiger partial charge in [0.2, 0.25) is 0 Å². The number of aryl methyl sites for hydroxylation is 1. The third-order valence-electron chi connectivity index (χ3n) is 5.45. The Morgan fingerprint density at radius 1 is 1.08 bits per heavy atom. The molecule has 1 aromatic heterocycles. The lowest BCUT2D eigenvalue weighted by molar-refractivity contribution is 0.254. The van der Waals surface area contributed by atoms with Gasteiger partial charge >= 0.3 is 0 Å². The second-order valence-corrected chi connectivity index (χ2v) is 7.08. The van der Waals surface area contributed by atoms with Crippen molar-refractivity contribution in [2.45, 2.75) is 38.5 Å². The Labute approximate surface area is 149 Å². The van der Waals surface area contributed by atoms with E-state index in [4.69, 9.17) is 15.2 Å². The molecule has 5 nitrogen and oxygen atoms in total. The number of aromatic nitrogens is 1. The summed E-state index contributed by atoms with van der Waals surface area (Å²) < 4.78 is 11.6. The maximum Gasteiger partial charge on any atom is 0.163 e. The van der Waals surface area contributed by atoms with E-state index in [9.17, 15) is 0 Å². The smallest absolute Gasteiger partial charge is 0.163 e. The molecule has 25 heavy (non-hydrogen) atoms. The topological polar surface area (TPSA) is 60.6 Å². The van der Waals surface area contributed by atoms with E-state index in [1.165, 1.54) is 37.1 Å². The van der Waals surface area contributed by atoms with Gasteiger partial charge in [0.05, 0.1) is 19.2 Å². The summed E-state index contributed by atoms with van der Waals surface area (Å²) in [6, 6.07) is 4.06. The molecule has 1 aliphatic heterocycles. The van der Waals surface area contributed by atoms with Crippen molar-refractivity contribution in [2.24, 2.45) is 0 Å². The summed E-state index contributed by atoms with van der Waals surface area (Å²) in [5.41, 5.74) is 9.62. The van der Waals surface area contributed by atoms with Crippen LogP contribution in [0, 0.1) is 0 Å². The summed E-state index contributed by atoms with van der Waals surface area (Å²) in [7, 11) is 1.70. The zero-order chi connectivity index (χ0) is 17.2. The number of benzene rings is 1. The van der Waals surface area contributed by atoms with Crippen LogP contribution in [0.3, 0.4) is 0 Å². The van der Waals surface area contributed by atoms with Crippen molar-refractivity contribution >= 4 is 16.7 Å². The maximum absolute atomic E-state index is 6.16. The third kappa shape index (κ3) is 3.25. The summed E-state index contributed by atoms with van der Waals surface area (Å²) in [5, 5.41) is 1.16. The highest BCUT2D eigenvalue weighted by molar-refractivity contribution is 5.89. The first-order valence-corrected chi connectivity index (χ1v) is 9.40. The van der Waals surface area contributed by atoms with Crippen LogP contribution in [0.4, 0.5) is 5.82 Å². The zero-order valence-electron chi connectivity index (χ0n) is 15.0. The molecular weight excluding hydrogens is 314 g/mol. The summed E-state index contributed by atoms with van der Waals surface area (Å²) >= 11 is 0. The fraction of sp³-hybridized carbons (Fsp3) is 0.550. The summed E-state index contributed by atoms with van der Waals surface area (Å²) in [6.07, 6.45) is 6.94. The van der Waals surface area contributed by atoms with Crippen molar-refractivity contribution in [1.82, 2.24) is 9.88 Å². The number of hydrogen-bond donors (Lipinski definition) is 1. The standard InChI is InChI=1S/C20H27N3O2/c1-24-18-12-16-14-6-4-7-15(14)20(21)22-17(16)13-19(18)25-11-5-10-23-8-2-3-9-23/h12-13H,2-11H2,1H3,(H2,21,22). The number of pyridine rings is 1. The van der Waals surface area contributed by atoms with Gasteiger partial charge in [0.15, 0.2) is 11.5 Å². The zero-order valence-corrected chi connectivity index (χ0v) is 15.0. The minimum atomic E-state index is 0.671. The predicted molar refractivity (Wildman–Crippen MR) is 101 cm³/mol. The molecule has 0 spiro atoms. The normalized spacial score (nSPS) is 17.2. The number of nitrogen functional groups attached to an aromatic ring is 1. The molecule has 0 amide bonds. The first-order valence-electron chi connectivity index (χ1n) is 9.40. The van der Waals surface area contributed by atoms with E-state index in [1.54, 1.807) is 7.11 Å². The van der Waals surface area contributed by atoms with E-state index in [0.717, 1.165) is 54.6 Å². The first kappa shape index (κ1) is 16.5. The molecule has 0 unspecified atom stereocenters. The molecule has 0 saturated carbocycles. The van der Waals surface area contributed by atoms with Crippen molar-refractivity contribution in [1.29, 1.82) is 0 Å². The molecule has 0 radical (unpaired) electrons. The summed E-state index contributed by atoms with van der Waals surface area (Å²) in [6.45, 7) is 4.26. The molecular formula is C20H27N3O2. The van der Waals surface area contributed by atoms with Gasteiger partial charge in [0.1, 0.15) is 5.82 Å². The van der Waals surface area contributed by atoms with Gasteiger partial charge < -0.3 is 20.1 Å². The lowest BCUT2D eigenvalue weighted by atomic mass is 10.0. The molecule has 2 aliphatic rings. The maximum atomic E-state index is 6.16. The number of hydrogen-bond acceptors (Lipinski definition) is 5. The van der Waals surface area contributed by atoms with Gasteiger partial charge in [-0.25, -0.2) is 4.98 Å². The van der Waals surface area contributed by atoms with Crippen LogP contribution in [-0.2, 0) is 12.8 Å². The molecule has 2 N–H and O–H groups in total.